The Hall–Kier alpha value is -0.770. The van der Waals surface area contributed by atoms with E-state index in [0.717, 1.165) is 26.2 Å². The van der Waals surface area contributed by atoms with Crippen LogP contribution in [-0.4, -0.2) is 5.11 Å². The van der Waals surface area contributed by atoms with E-state index in [2.05, 4.69) is 0 Å². The average Bonchev–Trinajstić information content (AvgIpc) is 2.55. The Balaban J connectivity index is 2.77. The molecule has 2 aromatic rings. The summed E-state index contributed by atoms with van der Waals surface area (Å²) in [6.45, 7) is 0.0407. The number of fused-ring (bicyclic) bond motifs is 1. The third-order valence-electron chi connectivity index (χ3n) is 2.20. The number of benzene rings is 1. The van der Waals surface area contributed by atoms with Gasteiger partial charge in [0.25, 0.3) is 0 Å². The summed E-state index contributed by atoms with van der Waals surface area (Å²) in [5.74, 6) is 0.427. The highest BCUT2D eigenvalue weighted by Crippen LogP contribution is 2.36. The van der Waals surface area contributed by atoms with Crippen LogP contribution in [0.2, 0.25) is 0 Å². The molecule has 4 heteroatoms. The van der Waals surface area contributed by atoms with Gasteiger partial charge in [-0.2, -0.15) is 0 Å². The highest BCUT2D eigenvalue weighted by molar-refractivity contribution is 7.20. The van der Waals surface area contributed by atoms with Crippen LogP contribution in [0.5, 0.6) is 0 Å². The van der Waals surface area contributed by atoms with E-state index in [1.54, 1.807) is 11.3 Å². The van der Waals surface area contributed by atoms with Gasteiger partial charge in [0.15, 0.2) is 0 Å². The average molecular weight is 228 g/mol. The first-order chi connectivity index (χ1) is 6.77. The van der Waals surface area contributed by atoms with Crippen LogP contribution in [0.25, 0.3) is 10.1 Å². The van der Waals surface area contributed by atoms with Crippen molar-refractivity contribution in [3.05, 3.63) is 28.6 Å². The molecule has 3 N–H and O–H groups in total. The number of anilines is 1. The maximum Gasteiger partial charge on any atom is 0.0695 e. The minimum Gasteiger partial charge on any atom is -0.397 e. The zero-order chi connectivity index (χ0) is 10.1. The molecular weight excluding hydrogens is 218 g/mol. The van der Waals surface area contributed by atoms with Gasteiger partial charge in [-0.05, 0) is 5.56 Å². The van der Waals surface area contributed by atoms with E-state index in [4.69, 9.17) is 22.4 Å². The quantitative estimate of drug-likeness (QED) is 0.775. The molecule has 74 valence electrons. The maximum absolute atomic E-state index is 9.14. The van der Waals surface area contributed by atoms with Gasteiger partial charge in [0.2, 0.25) is 0 Å². The van der Waals surface area contributed by atoms with E-state index in [1.807, 2.05) is 18.2 Å². The van der Waals surface area contributed by atoms with Gasteiger partial charge in [-0.1, -0.05) is 18.2 Å². The van der Waals surface area contributed by atoms with Crippen LogP contribution >= 0.6 is 22.9 Å². The molecule has 1 heterocycles. The molecule has 0 aliphatic rings. The molecule has 0 fully saturated rings. The second-order valence-corrected chi connectivity index (χ2v) is 4.40. The van der Waals surface area contributed by atoms with Crippen LogP contribution in [0, 0.1) is 0 Å². The summed E-state index contributed by atoms with van der Waals surface area (Å²) in [6.07, 6.45) is 0. The Bertz CT molecular complexity index is 466. The van der Waals surface area contributed by atoms with Crippen molar-refractivity contribution in [2.45, 2.75) is 12.5 Å². The van der Waals surface area contributed by atoms with Crippen LogP contribution in [0.15, 0.2) is 18.2 Å². The summed E-state index contributed by atoms with van der Waals surface area (Å²) >= 11 is 7.33. The standard InChI is InChI=1S/C10H10ClNOS/c11-4-8-9(12)7-3-1-2-6(5-13)10(7)14-8/h1-3,13H,4-5,12H2. The van der Waals surface area contributed by atoms with E-state index in [-0.39, 0.29) is 6.61 Å². The monoisotopic (exact) mass is 227 g/mol. The Kier molecular flexibility index (Phi) is 2.63. The maximum atomic E-state index is 9.14. The molecule has 2 nitrogen and oxygen atoms in total. The number of alkyl halides is 1. The lowest BCUT2D eigenvalue weighted by Crippen LogP contribution is -1.86. The topological polar surface area (TPSA) is 46.2 Å². The summed E-state index contributed by atoms with van der Waals surface area (Å²) in [6, 6.07) is 5.75. The molecular formula is C10H10ClNOS. The molecule has 0 saturated carbocycles. The van der Waals surface area contributed by atoms with E-state index in [1.165, 1.54) is 0 Å². The minimum absolute atomic E-state index is 0.0407. The second-order valence-electron chi connectivity index (χ2n) is 3.02. The number of aliphatic hydroxyl groups is 1. The van der Waals surface area contributed by atoms with Crippen LogP contribution in [0.1, 0.15) is 10.4 Å². The van der Waals surface area contributed by atoms with Gasteiger partial charge in [0.1, 0.15) is 0 Å². The Morgan fingerprint density at radius 1 is 1.43 bits per heavy atom. The first kappa shape index (κ1) is 9.77. The minimum atomic E-state index is 0.0407. The summed E-state index contributed by atoms with van der Waals surface area (Å²) in [5, 5.41) is 10.1. The molecule has 1 aromatic carbocycles. The first-order valence-electron chi connectivity index (χ1n) is 4.23. The zero-order valence-electron chi connectivity index (χ0n) is 7.46. The van der Waals surface area contributed by atoms with Crippen molar-refractivity contribution >= 4 is 38.7 Å². The van der Waals surface area contributed by atoms with Gasteiger partial charge in [-0.25, -0.2) is 0 Å². The van der Waals surface area contributed by atoms with Crippen molar-refractivity contribution in [2.24, 2.45) is 0 Å². The summed E-state index contributed by atoms with van der Waals surface area (Å²) in [4.78, 5) is 0.975. The van der Waals surface area contributed by atoms with Gasteiger partial charge in [-0.15, -0.1) is 22.9 Å². The highest BCUT2D eigenvalue weighted by Gasteiger charge is 2.10. The van der Waals surface area contributed by atoms with Crippen molar-refractivity contribution in [1.29, 1.82) is 0 Å². The van der Waals surface area contributed by atoms with Crippen LogP contribution in [0.3, 0.4) is 0 Å². The van der Waals surface area contributed by atoms with Gasteiger partial charge in [-0.3, -0.25) is 0 Å². The molecule has 0 radical (unpaired) electrons. The van der Waals surface area contributed by atoms with Crippen molar-refractivity contribution in [3.63, 3.8) is 0 Å². The van der Waals surface area contributed by atoms with Gasteiger partial charge in [0.05, 0.1) is 18.2 Å². The Morgan fingerprint density at radius 2 is 2.21 bits per heavy atom. The number of thiophene rings is 1. The first-order valence-corrected chi connectivity index (χ1v) is 5.58. The number of hydrogen-bond acceptors (Lipinski definition) is 3. The predicted molar refractivity (Wildman–Crippen MR) is 61.7 cm³/mol. The number of rotatable bonds is 2. The van der Waals surface area contributed by atoms with E-state index in [9.17, 15) is 0 Å². The third kappa shape index (κ3) is 1.38. The summed E-state index contributed by atoms with van der Waals surface area (Å²) in [7, 11) is 0. The lowest BCUT2D eigenvalue weighted by molar-refractivity contribution is 0.283. The third-order valence-corrected chi connectivity index (χ3v) is 3.93. The van der Waals surface area contributed by atoms with Gasteiger partial charge >= 0.3 is 0 Å². The number of halogens is 1. The molecule has 2 rings (SSSR count). The molecule has 0 aliphatic carbocycles. The predicted octanol–water partition coefficient (Wildman–Crippen LogP) is 2.71. The molecule has 0 spiro atoms. The Morgan fingerprint density at radius 3 is 2.86 bits per heavy atom. The molecule has 14 heavy (non-hydrogen) atoms. The second kappa shape index (κ2) is 3.77. The molecule has 0 atom stereocenters. The molecule has 0 aliphatic heterocycles. The molecule has 0 bridgehead atoms. The van der Waals surface area contributed by atoms with E-state index >= 15 is 0 Å². The molecule has 0 saturated heterocycles. The lowest BCUT2D eigenvalue weighted by Gasteiger charge is -1.97. The zero-order valence-corrected chi connectivity index (χ0v) is 9.03. The summed E-state index contributed by atoms with van der Waals surface area (Å²) in [5.41, 5.74) is 7.58. The van der Waals surface area contributed by atoms with E-state index in [0.29, 0.717) is 5.88 Å². The normalized spacial score (nSPS) is 11.0. The van der Waals surface area contributed by atoms with Crippen LogP contribution in [0.4, 0.5) is 5.69 Å². The fraction of sp³-hybridized carbons (Fsp3) is 0.200. The van der Waals surface area contributed by atoms with Crippen molar-refractivity contribution < 1.29 is 5.11 Å². The smallest absolute Gasteiger partial charge is 0.0695 e. The van der Waals surface area contributed by atoms with Crippen LogP contribution < -0.4 is 5.73 Å². The van der Waals surface area contributed by atoms with Gasteiger partial charge in [0, 0.05) is 15.0 Å². The number of hydrogen-bond donors (Lipinski definition) is 2. The highest BCUT2D eigenvalue weighted by atomic mass is 35.5. The molecule has 0 unspecified atom stereocenters. The van der Waals surface area contributed by atoms with Crippen molar-refractivity contribution in [1.82, 2.24) is 0 Å². The molecule has 0 amide bonds. The number of nitrogens with two attached hydrogens (primary N) is 1. The fourth-order valence-electron chi connectivity index (χ4n) is 1.47. The van der Waals surface area contributed by atoms with Crippen molar-refractivity contribution in [3.8, 4) is 0 Å². The van der Waals surface area contributed by atoms with Crippen LogP contribution in [-0.2, 0) is 12.5 Å². The van der Waals surface area contributed by atoms with Gasteiger partial charge < -0.3 is 10.8 Å². The lowest BCUT2D eigenvalue weighted by atomic mass is 10.1. The number of nitrogen functional groups attached to an aromatic ring is 1. The fourth-order valence-corrected chi connectivity index (χ4v) is 2.85. The summed E-state index contributed by atoms with van der Waals surface area (Å²) < 4.78 is 1.04. The molecule has 1 aromatic heterocycles. The Labute approximate surface area is 90.9 Å². The van der Waals surface area contributed by atoms with E-state index < -0.39 is 0 Å². The largest absolute Gasteiger partial charge is 0.397 e. The van der Waals surface area contributed by atoms with Crippen molar-refractivity contribution in [2.75, 3.05) is 5.73 Å². The number of aliphatic hydroxyl groups excluding tert-OH is 1. The SMILES string of the molecule is Nc1c(CCl)sc2c(CO)cccc12.